The molecule has 0 aliphatic carbocycles. The second kappa shape index (κ2) is 6.75. The van der Waals surface area contributed by atoms with Crippen molar-refractivity contribution in [3.63, 3.8) is 0 Å². The van der Waals surface area contributed by atoms with Crippen molar-refractivity contribution in [2.75, 3.05) is 17.7 Å². The Balaban J connectivity index is 1.68. The zero-order chi connectivity index (χ0) is 16.2. The van der Waals surface area contributed by atoms with Crippen LogP contribution in [0.4, 0.5) is 11.4 Å². The van der Waals surface area contributed by atoms with Gasteiger partial charge in [-0.05, 0) is 24.3 Å². The van der Waals surface area contributed by atoms with E-state index in [0.717, 1.165) is 10.6 Å². The number of para-hydroxylation sites is 3. The van der Waals surface area contributed by atoms with E-state index < -0.39 is 5.25 Å². The Morgan fingerprint density at radius 1 is 1.22 bits per heavy atom. The van der Waals surface area contributed by atoms with E-state index in [1.54, 1.807) is 19.2 Å². The number of ether oxygens (including phenoxy) is 1. The normalized spacial score (nSPS) is 16.2. The molecule has 0 fully saturated rings. The molecule has 23 heavy (non-hydrogen) atoms. The van der Waals surface area contributed by atoms with Crippen LogP contribution < -0.4 is 15.4 Å². The Morgan fingerprint density at radius 3 is 2.78 bits per heavy atom. The lowest BCUT2D eigenvalue weighted by Crippen LogP contribution is -2.32. The van der Waals surface area contributed by atoms with Crippen LogP contribution in [0.25, 0.3) is 0 Å². The summed E-state index contributed by atoms with van der Waals surface area (Å²) in [6.07, 6.45) is 0.100. The number of rotatable bonds is 4. The number of hydrogen-bond acceptors (Lipinski definition) is 4. The summed E-state index contributed by atoms with van der Waals surface area (Å²) < 4.78 is 5.20. The third-order valence-electron chi connectivity index (χ3n) is 3.46. The van der Waals surface area contributed by atoms with Crippen molar-refractivity contribution in [2.45, 2.75) is 16.6 Å². The number of benzene rings is 2. The van der Waals surface area contributed by atoms with Gasteiger partial charge in [0.25, 0.3) is 0 Å². The zero-order valence-corrected chi connectivity index (χ0v) is 13.4. The largest absolute Gasteiger partial charge is 0.495 e. The average molecular weight is 328 g/mol. The SMILES string of the molecule is COc1ccccc1NC(=O)CC1Sc2ccccc2NC1=O. The molecule has 2 N–H and O–H groups in total. The number of hydrogen-bond donors (Lipinski definition) is 2. The fourth-order valence-electron chi connectivity index (χ4n) is 2.34. The maximum atomic E-state index is 12.2. The lowest BCUT2D eigenvalue weighted by atomic mass is 10.2. The van der Waals surface area contributed by atoms with Crippen LogP contribution in [0.1, 0.15) is 6.42 Å². The van der Waals surface area contributed by atoms with Crippen molar-refractivity contribution in [1.29, 1.82) is 0 Å². The highest BCUT2D eigenvalue weighted by Crippen LogP contribution is 2.36. The Bertz CT molecular complexity index is 748. The topological polar surface area (TPSA) is 67.4 Å². The summed E-state index contributed by atoms with van der Waals surface area (Å²) in [6.45, 7) is 0. The molecule has 6 heteroatoms. The van der Waals surface area contributed by atoms with Crippen molar-refractivity contribution >= 4 is 35.0 Å². The van der Waals surface area contributed by atoms with E-state index in [1.165, 1.54) is 11.8 Å². The quantitative estimate of drug-likeness (QED) is 0.905. The maximum absolute atomic E-state index is 12.2. The van der Waals surface area contributed by atoms with Crippen molar-refractivity contribution < 1.29 is 14.3 Å². The molecule has 0 bridgehead atoms. The van der Waals surface area contributed by atoms with Gasteiger partial charge in [0.2, 0.25) is 11.8 Å². The van der Waals surface area contributed by atoms with Crippen molar-refractivity contribution in [3.8, 4) is 5.75 Å². The molecule has 0 saturated carbocycles. The summed E-state index contributed by atoms with van der Waals surface area (Å²) in [7, 11) is 1.55. The van der Waals surface area contributed by atoms with Crippen molar-refractivity contribution in [2.24, 2.45) is 0 Å². The molecule has 1 aliphatic heterocycles. The van der Waals surface area contributed by atoms with Gasteiger partial charge < -0.3 is 15.4 Å². The molecule has 1 atom stereocenters. The summed E-state index contributed by atoms with van der Waals surface area (Å²) in [5.74, 6) is 0.220. The van der Waals surface area contributed by atoms with Crippen LogP contribution in [0.15, 0.2) is 53.4 Å². The third kappa shape index (κ3) is 3.48. The highest BCUT2D eigenvalue weighted by Gasteiger charge is 2.28. The van der Waals surface area contributed by atoms with Gasteiger partial charge in [-0.25, -0.2) is 0 Å². The molecule has 0 aromatic heterocycles. The first kappa shape index (κ1) is 15.4. The van der Waals surface area contributed by atoms with Gasteiger partial charge >= 0.3 is 0 Å². The third-order valence-corrected chi connectivity index (χ3v) is 4.73. The number of anilines is 2. The van der Waals surface area contributed by atoms with Gasteiger partial charge in [0, 0.05) is 11.3 Å². The summed E-state index contributed by atoms with van der Waals surface area (Å²) in [6, 6.07) is 14.7. The predicted molar refractivity (Wildman–Crippen MR) is 91.0 cm³/mol. The highest BCUT2D eigenvalue weighted by molar-refractivity contribution is 8.01. The summed E-state index contributed by atoms with van der Waals surface area (Å²) in [5.41, 5.74) is 1.39. The number of methoxy groups -OCH3 is 1. The van der Waals surface area contributed by atoms with Crippen LogP contribution in [0.2, 0.25) is 0 Å². The van der Waals surface area contributed by atoms with E-state index in [4.69, 9.17) is 4.74 Å². The molecule has 2 amide bonds. The van der Waals surface area contributed by atoms with Crippen LogP contribution >= 0.6 is 11.8 Å². The van der Waals surface area contributed by atoms with Gasteiger partial charge in [-0.3, -0.25) is 9.59 Å². The van der Waals surface area contributed by atoms with Crippen LogP contribution in [0, 0.1) is 0 Å². The Hall–Kier alpha value is -2.47. The molecule has 118 valence electrons. The van der Waals surface area contributed by atoms with Crippen molar-refractivity contribution in [1.82, 2.24) is 0 Å². The first-order valence-corrected chi connectivity index (χ1v) is 8.05. The molecule has 1 heterocycles. The van der Waals surface area contributed by atoms with Gasteiger partial charge in [0.1, 0.15) is 5.75 Å². The van der Waals surface area contributed by atoms with Gasteiger partial charge in [-0.15, -0.1) is 11.8 Å². The molecule has 0 spiro atoms. The van der Waals surface area contributed by atoms with E-state index in [-0.39, 0.29) is 18.2 Å². The number of carbonyl (C=O) groups is 2. The van der Waals surface area contributed by atoms with Gasteiger partial charge in [0.15, 0.2) is 0 Å². The number of fused-ring (bicyclic) bond motifs is 1. The number of thioether (sulfide) groups is 1. The zero-order valence-electron chi connectivity index (χ0n) is 12.5. The minimum absolute atomic E-state index is 0.100. The van der Waals surface area contributed by atoms with E-state index in [2.05, 4.69) is 10.6 Å². The van der Waals surface area contributed by atoms with Gasteiger partial charge in [-0.1, -0.05) is 24.3 Å². The molecular weight excluding hydrogens is 312 g/mol. The van der Waals surface area contributed by atoms with Crippen LogP contribution in [0.3, 0.4) is 0 Å². The average Bonchev–Trinajstić information content (AvgIpc) is 2.56. The molecule has 0 radical (unpaired) electrons. The van der Waals surface area contributed by atoms with Crippen LogP contribution in [0.5, 0.6) is 5.75 Å². The van der Waals surface area contributed by atoms with Crippen LogP contribution in [-0.2, 0) is 9.59 Å². The summed E-state index contributed by atoms with van der Waals surface area (Å²) >= 11 is 1.41. The minimum atomic E-state index is -0.445. The van der Waals surface area contributed by atoms with E-state index in [1.807, 2.05) is 36.4 Å². The molecule has 2 aromatic carbocycles. The summed E-state index contributed by atoms with van der Waals surface area (Å²) in [4.78, 5) is 25.4. The second-order valence-corrected chi connectivity index (χ2v) is 6.29. The van der Waals surface area contributed by atoms with E-state index >= 15 is 0 Å². The number of carbonyl (C=O) groups excluding carboxylic acids is 2. The molecule has 5 nitrogen and oxygen atoms in total. The Morgan fingerprint density at radius 2 is 1.96 bits per heavy atom. The first-order chi connectivity index (χ1) is 11.2. The van der Waals surface area contributed by atoms with E-state index in [9.17, 15) is 9.59 Å². The number of nitrogens with one attached hydrogen (secondary N) is 2. The number of amides is 2. The Kier molecular flexibility index (Phi) is 4.52. The van der Waals surface area contributed by atoms with Gasteiger partial charge in [0.05, 0.1) is 23.7 Å². The standard InChI is InChI=1S/C17H16N2O3S/c1-22-13-8-4-2-6-11(13)18-16(20)10-15-17(21)19-12-7-3-5-9-14(12)23-15/h2-9,15H,10H2,1H3,(H,18,20)(H,19,21). The highest BCUT2D eigenvalue weighted by atomic mass is 32.2. The van der Waals surface area contributed by atoms with E-state index in [0.29, 0.717) is 11.4 Å². The molecule has 3 rings (SSSR count). The lowest BCUT2D eigenvalue weighted by molar-refractivity contribution is -0.120. The molecule has 1 unspecified atom stereocenters. The summed E-state index contributed by atoms with van der Waals surface area (Å²) in [5, 5.41) is 5.19. The fraction of sp³-hybridized carbons (Fsp3) is 0.176. The smallest absolute Gasteiger partial charge is 0.238 e. The van der Waals surface area contributed by atoms with Gasteiger partial charge in [-0.2, -0.15) is 0 Å². The van der Waals surface area contributed by atoms with Crippen LogP contribution in [-0.4, -0.2) is 24.2 Å². The molecule has 1 aliphatic rings. The molecule has 0 saturated heterocycles. The monoisotopic (exact) mass is 328 g/mol. The molecule has 2 aromatic rings. The maximum Gasteiger partial charge on any atom is 0.238 e. The predicted octanol–water partition coefficient (Wildman–Crippen LogP) is 3.14. The fourth-order valence-corrected chi connectivity index (χ4v) is 3.45. The minimum Gasteiger partial charge on any atom is -0.495 e. The van der Waals surface area contributed by atoms with Crippen molar-refractivity contribution in [3.05, 3.63) is 48.5 Å². The Labute approximate surface area is 138 Å². The second-order valence-electron chi connectivity index (χ2n) is 5.04. The molecular formula is C17H16N2O3S. The lowest BCUT2D eigenvalue weighted by Gasteiger charge is -2.23. The first-order valence-electron chi connectivity index (χ1n) is 7.17.